The topological polar surface area (TPSA) is 46.5 Å². The number of Topliss-reactive ketones (excluding diaryl/α,β-unsaturated/α-hetero) is 1. The molecule has 0 fully saturated rings. The molecular formula is C7H13NO2. The van der Waals surface area contributed by atoms with Gasteiger partial charge in [0, 0.05) is 6.42 Å². The second kappa shape index (κ2) is 3.44. The van der Waals surface area contributed by atoms with Gasteiger partial charge in [0.25, 0.3) is 0 Å². The van der Waals surface area contributed by atoms with Crippen molar-refractivity contribution in [2.45, 2.75) is 39.2 Å². The molecule has 0 radical (unpaired) electrons. The molecule has 0 heterocycles. The minimum atomic E-state index is -1.02. The number of ketones is 1. The van der Waals surface area contributed by atoms with Crippen LogP contribution < -0.4 is 0 Å². The third-order valence-corrected chi connectivity index (χ3v) is 1.39. The van der Waals surface area contributed by atoms with Crippen LogP contribution in [-0.4, -0.2) is 11.3 Å². The van der Waals surface area contributed by atoms with Crippen LogP contribution in [0.2, 0.25) is 0 Å². The largest absolute Gasteiger partial charge is 0.297 e. The smallest absolute Gasteiger partial charge is 0.163 e. The molecular weight excluding hydrogens is 130 g/mol. The fourth-order valence-corrected chi connectivity index (χ4v) is 0.584. The molecule has 0 saturated heterocycles. The molecule has 0 aliphatic rings. The van der Waals surface area contributed by atoms with E-state index < -0.39 is 5.54 Å². The average molecular weight is 143 g/mol. The summed E-state index contributed by atoms with van der Waals surface area (Å²) in [5.74, 6) is -0.0787. The highest BCUT2D eigenvalue weighted by Crippen LogP contribution is 2.12. The Hall–Kier alpha value is -0.730. The van der Waals surface area contributed by atoms with E-state index in [1.54, 1.807) is 0 Å². The molecule has 0 bridgehead atoms. The predicted molar refractivity (Wildman–Crippen MR) is 39.8 cm³/mol. The van der Waals surface area contributed by atoms with Crippen LogP contribution in [0.1, 0.15) is 33.6 Å². The van der Waals surface area contributed by atoms with Crippen molar-refractivity contribution in [1.29, 1.82) is 0 Å². The van der Waals surface area contributed by atoms with E-state index in [-0.39, 0.29) is 5.78 Å². The van der Waals surface area contributed by atoms with Gasteiger partial charge in [0.05, 0.1) is 0 Å². The summed E-state index contributed by atoms with van der Waals surface area (Å²) in [5.41, 5.74) is -1.02. The maximum atomic E-state index is 11.0. The van der Waals surface area contributed by atoms with E-state index in [1.807, 2.05) is 6.92 Å². The van der Waals surface area contributed by atoms with Gasteiger partial charge in [-0.3, -0.25) is 4.79 Å². The molecule has 0 saturated carbocycles. The second-order valence-electron chi connectivity index (χ2n) is 2.82. The first-order valence-electron chi connectivity index (χ1n) is 3.42. The summed E-state index contributed by atoms with van der Waals surface area (Å²) in [6.07, 6.45) is 1.22. The van der Waals surface area contributed by atoms with Crippen molar-refractivity contribution in [1.82, 2.24) is 0 Å². The third-order valence-electron chi connectivity index (χ3n) is 1.39. The highest BCUT2D eigenvalue weighted by molar-refractivity contribution is 5.87. The molecule has 10 heavy (non-hydrogen) atoms. The zero-order chi connectivity index (χ0) is 8.20. The summed E-state index contributed by atoms with van der Waals surface area (Å²) < 4.78 is 0. The van der Waals surface area contributed by atoms with Gasteiger partial charge in [0.15, 0.2) is 11.3 Å². The fourth-order valence-electron chi connectivity index (χ4n) is 0.584. The maximum Gasteiger partial charge on any atom is 0.163 e. The molecule has 0 unspecified atom stereocenters. The van der Waals surface area contributed by atoms with Crippen molar-refractivity contribution in [3.63, 3.8) is 0 Å². The van der Waals surface area contributed by atoms with E-state index in [1.165, 1.54) is 13.8 Å². The summed E-state index contributed by atoms with van der Waals surface area (Å²) in [6, 6.07) is 0. The number of rotatable bonds is 4. The molecule has 0 aromatic rings. The van der Waals surface area contributed by atoms with E-state index >= 15 is 0 Å². The number of hydrogen-bond acceptors (Lipinski definition) is 3. The van der Waals surface area contributed by atoms with Gasteiger partial charge >= 0.3 is 0 Å². The summed E-state index contributed by atoms with van der Waals surface area (Å²) in [5, 5.41) is 2.74. The monoisotopic (exact) mass is 143 g/mol. The quantitative estimate of drug-likeness (QED) is 0.564. The van der Waals surface area contributed by atoms with E-state index in [0.29, 0.717) is 6.42 Å². The maximum absolute atomic E-state index is 11.0. The van der Waals surface area contributed by atoms with Crippen LogP contribution in [0.5, 0.6) is 0 Å². The minimum Gasteiger partial charge on any atom is -0.297 e. The number of carbonyl (C=O) groups is 1. The number of nitrogens with zero attached hydrogens (tertiary/aromatic N) is 1. The first kappa shape index (κ1) is 9.27. The summed E-state index contributed by atoms with van der Waals surface area (Å²) in [6.45, 7) is 4.98. The van der Waals surface area contributed by atoms with Gasteiger partial charge in [-0.25, -0.2) is 0 Å². The molecule has 3 nitrogen and oxygen atoms in total. The fraction of sp³-hybridized carbons (Fsp3) is 0.857. The van der Waals surface area contributed by atoms with Crippen molar-refractivity contribution in [2.24, 2.45) is 5.18 Å². The Morgan fingerprint density at radius 1 is 1.50 bits per heavy atom. The molecule has 0 atom stereocenters. The summed E-state index contributed by atoms with van der Waals surface area (Å²) in [4.78, 5) is 21.1. The standard InChI is InChI=1S/C7H13NO2/c1-4-5-6(9)7(2,3)8-10/h4-5H2,1-3H3. The van der Waals surface area contributed by atoms with Crippen molar-refractivity contribution >= 4 is 5.78 Å². The van der Waals surface area contributed by atoms with Crippen LogP contribution in [0, 0.1) is 4.91 Å². The molecule has 0 aliphatic carbocycles. The normalized spacial score (nSPS) is 11.1. The van der Waals surface area contributed by atoms with Crippen molar-refractivity contribution < 1.29 is 4.79 Å². The van der Waals surface area contributed by atoms with Gasteiger partial charge in [0.2, 0.25) is 0 Å². The van der Waals surface area contributed by atoms with E-state index in [9.17, 15) is 9.70 Å². The van der Waals surface area contributed by atoms with Gasteiger partial charge in [0.1, 0.15) is 0 Å². The second-order valence-corrected chi connectivity index (χ2v) is 2.82. The Morgan fingerprint density at radius 3 is 2.30 bits per heavy atom. The van der Waals surface area contributed by atoms with Gasteiger partial charge in [-0.05, 0) is 20.3 Å². The average Bonchev–Trinajstić information content (AvgIpc) is 1.89. The van der Waals surface area contributed by atoms with Crippen LogP contribution >= 0.6 is 0 Å². The summed E-state index contributed by atoms with van der Waals surface area (Å²) >= 11 is 0. The molecule has 58 valence electrons. The zero-order valence-corrected chi connectivity index (χ0v) is 6.68. The molecule has 0 rings (SSSR count). The molecule has 0 spiro atoms. The SMILES string of the molecule is CCCC(=O)C(C)(C)N=O. The lowest BCUT2D eigenvalue weighted by Crippen LogP contribution is -2.28. The summed E-state index contributed by atoms with van der Waals surface area (Å²) in [7, 11) is 0. The van der Waals surface area contributed by atoms with E-state index in [0.717, 1.165) is 6.42 Å². The molecule has 0 N–H and O–H groups in total. The van der Waals surface area contributed by atoms with Crippen LogP contribution in [0.4, 0.5) is 0 Å². The Balaban J connectivity index is 4.04. The number of carbonyl (C=O) groups excluding carboxylic acids is 1. The van der Waals surface area contributed by atoms with Crippen LogP contribution in [0.3, 0.4) is 0 Å². The Kier molecular flexibility index (Phi) is 3.19. The number of nitroso groups, excluding NO2 is 1. The zero-order valence-electron chi connectivity index (χ0n) is 6.68. The lowest BCUT2D eigenvalue weighted by molar-refractivity contribution is -0.123. The van der Waals surface area contributed by atoms with Crippen LogP contribution in [-0.2, 0) is 4.79 Å². The van der Waals surface area contributed by atoms with Crippen molar-refractivity contribution in [3.8, 4) is 0 Å². The minimum absolute atomic E-state index is 0.0787. The van der Waals surface area contributed by atoms with Crippen molar-refractivity contribution in [2.75, 3.05) is 0 Å². The molecule has 0 amide bonds. The first-order chi connectivity index (χ1) is 4.54. The molecule has 0 aliphatic heterocycles. The first-order valence-corrected chi connectivity index (χ1v) is 3.42. The van der Waals surface area contributed by atoms with Crippen LogP contribution in [0.15, 0.2) is 5.18 Å². The van der Waals surface area contributed by atoms with Crippen LogP contribution in [0.25, 0.3) is 0 Å². The Labute approximate surface area is 60.8 Å². The van der Waals surface area contributed by atoms with Gasteiger partial charge in [-0.1, -0.05) is 12.1 Å². The number of hydrogen-bond donors (Lipinski definition) is 0. The lowest BCUT2D eigenvalue weighted by atomic mass is 9.97. The van der Waals surface area contributed by atoms with E-state index in [4.69, 9.17) is 0 Å². The van der Waals surface area contributed by atoms with E-state index in [2.05, 4.69) is 5.18 Å². The van der Waals surface area contributed by atoms with Gasteiger partial charge in [-0.15, -0.1) is 4.91 Å². The highest BCUT2D eigenvalue weighted by Gasteiger charge is 2.26. The van der Waals surface area contributed by atoms with Gasteiger partial charge < -0.3 is 0 Å². The Morgan fingerprint density at radius 2 is 2.00 bits per heavy atom. The Bertz CT molecular complexity index is 141. The van der Waals surface area contributed by atoms with Gasteiger partial charge in [-0.2, -0.15) is 0 Å². The van der Waals surface area contributed by atoms with Crippen molar-refractivity contribution in [3.05, 3.63) is 4.91 Å². The molecule has 3 heteroatoms. The molecule has 0 aromatic heterocycles. The molecule has 0 aromatic carbocycles. The highest BCUT2D eigenvalue weighted by atomic mass is 16.3. The predicted octanol–water partition coefficient (Wildman–Crippen LogP) is 1.90. The lowest BCUT2D eigenvalue weighted by Gasteiger charge is -2.11. The third kappa shape index (κ3) is 2.25.